The number of hydrogen-bond acceptors (Lipinski definition) is 18. The maximum absolute atomic E-state index is 12.4. The number of carbonyl (C=O) groups is 5. The fourth-order valence-corrected chi connectivity index (χ4v) is 3.60. The molecule has 1 aliphatic heterocycles. The van der Waals surface area contributed by atoms with Crippen LogP contribution in [-0.2, 0) is 47.7 Å². The number of aliphatic hydroxyl groups is 4. The summed E-state index contributed by atoms with van der Waals surface area (Å²) in [6, 6.07) is 0. The van der Waals surface area contributed by atoms with Gasteiger partial charge in [0.1, 0.15) is 51.3 Å². The normalized spacial score (nSPS) is 22.3. The molecule has 1 amide bonds. The first-order chi connectivity index (χ1) is 19.8. The van der Waals surface area contributed by atoms with Crippen LogP contribution < -0.4 is 10.6 Å². The maximum atomic E-state index is 12.4. The van der Waals surface area contributed by atoms with Crippen molar-refractivity contribution >= 4 is 31.8 Å². The highest BCUT2D eigenvalue weighted by atomic mass is 16.6. The van der Waals surface area contributed by atoms with Crippen molar-refractivity contribution in [3.8, 4) is 0 Å². The van der Waals surface area contributed by atoms with E-state index in [2.05, 4.69) is 20.1 Å². The molecule has 0 aliphatic carbocycles. The van der Waals surface area contributed by atoms with E-state index in [9.17, 15) is 44.4 Å². The second-order valence-corrected chi connectivity index (χ2v) is 8.72. The van der Waals surface area contributed by atoms with Gasteiger partial charge in [-0.25, -0.2) is 4.90 Å². The first-order valence-corrected chi connectivity index (χ1v) is 12.5. The largest absolute Gasteiger partial charge is 0.452 e. The van der Waals surface area contributed by atoms with Crippen LogP contribution >= 0.6 is 0 Å². The number of hydrogen-bond donors (Lipinski definition) is 6. The van der Waals surface area contributed by atoms with Crippen molar-refractivity contribution in [3.63, 3.8) is 0 Å². The predicted octanol–water partition coefficient (Wildman–Crippen LogP) is -6.08. The van der Waals surface area contributed by atoms with Gasteiger partial charge in [0, 0.05) is 45.8 Å². The molecule has 236 valence electrons. The summed E-state index contributed by atoms with van der Waals surface area (Å²) in [5, 5.41) is 44.3. The van der Waals surface area contributed by atoms with E-state index in [4.69, 9.17) is 14.2 Å². The lowest BCUT2D eigenvalue weighted by Gasteiger charge is -2.38. The highest BCUT2D eigenvalue weighted by molar-refractivity contribution is 5.78. The van der Waals surface area contributed by atoms with Gasteiger partial charge in [-0.05, 0) is 0 Å². The SMILES string of the molecule is O=COCN(CCN(COC=O)COC=O)CCN(COC=O)CC(=O)NCCNCC1O[C@H](O)C(O)[C@@H](O)[C@@H]1O. The Balaban J connectivity index is 2.50. The van der Waals surface area contributed by atoms with Gasteiger partial charge in [0.2, 0.25) is 5.91 Å². The topological polar surface area (TPSA) is 246 Å². The molecule has 5 atom stereocenters. The molecule has 6 N–H and O–H groups in total. The molecule has 0 aromatic heterocycles. The van der Waals surface area contributed by atoms with Crippen LogP contribution in [0.5, 0.6) is 0 Å². The molecule has 0 radical (unpaired) electrons. The van der Waals surface area contributed by atoms with E-state index in [1.165, 1.54) is 9.80 Å². The highest BCUT2D eigenvalue weighted by Crippen LogP contribution is 2.19. The molecule has 0 aromatic carbocycles. The van der Waals surface area contributed by atoms with Crippen LogP contribution in [0, 0.1) is 0 Å². The van der Waals surface area contributed by atoms with Crippen molar-refractivity contribution in [2.24, 2.45) is 0 Å². The summed E-state index contributed by atoms with van der Waals surface area (Å²) in [7, 11) is 0. The van der Waals surface area contributed by atoms with Crippen molar-refractivity contribution in [2.45, 2.75) is 30.7 Å². The molecule has 0 spiro atoms. The summed E-state index contributed by atoms with van der Waals surface area (Å²) in [4.78, 5) is 59.5. The van der Waals surface area contributed by atoms with Crippen molar-refractivity contribution in [2.75, 3.05) is 79.3 Å². The molecular weight excluding hydrogens is 558 g/mol. The van der Waals surface area contributed by atoms with Gasteiger partial charge >= 0.3 is 0 Å². The number of carbonyl (C=O) groups excluding carboxylic acids is 5. The lowest BCUT2D eigenvalue weighted by molar-refractivity contribution is -0.280. The van der Waals surface area contributed by atoms with Gasteiger partial charge in [0.15, 0.2) is 6.29 Å². The zero-order valence-electron chi connectivity index (χ0n) is 22.4. The van der Waals surface area contributed by atoms with Crippen molar-refractivity contribution < 1.29 is 68.1 Å². The van der Waals surface area contributed by atoms with Crippen LogP contribution in [0.15, 0.2) is 0 Å². The summed E-state index contributed by atoms with van der Waals surface area (Å²) in [5.41, 5.74) is 0. The Bertz CT molecular complexity index is 756. The molecule has 1 fully saturated rings. The molecule has 0 aromatic rings. The lowest BCUT2D eigenvalue weighted by atomic mass is 9.99. The minimum Gasteiger partial charge on any atom is -0.452 e. The second kappa shape index (κ2) is 21.7. The number of aliphatic hydroxyl groups excluding tert-OH is 4. The minimum absolute atomic E-state index is 0.0237. The number of rotatable bonds is 25. The Morgan fingerprint density at radius 1 is 0.683 bits per heavy atom. The van der Waals surface area contributed by atoms with E-state index < -0.39 is 36.6 Å². The predicted molar refractivity (Wildman–Crippen MR) is 133 cm³/mol. The molecule has 1 aliphatic rings. The van der Waals surface area contributed by atoms with E-state index in [1.807, 2.05) is 0 Å². The molecule has 0 saturated carbocycles. The summed E-state index contributed by atoms with van der Waals surface area (Å²) in [5.74, 6) is -0.400. The monoisotopic (exact) mass is 597 g/mol. The minimum atomic E-state index is -1.65. The number of nitrogens with one attached hydrogen (secondary N) is 2. The number of amides is 1. The molecule has 2 unspecified atom stereocenters. The van der Waals surface area contributed by atoms with Crippen LogP contribution in [0.4, 0.5) is 0 Å². The van der Waals surface area contributed by atoms with Gasteiger partial charge < -0.3 is 54.7 Å². The van der Waals surface area contributed by atoms with E-state index in [0.717, 1.165) is 0 Å². The van der Waals surface area contributed by atoms with Gasteiger partial charge in [-0.15, -0.1) is 0 Å². The average Bonchev–Trinajstić information content (AvgIpc) is 2.97. The van der Waals surface area contributed by atoms with Crippen molar-refractivity contribution in [3.05, 3.63) is 0 Å². The summed E-state index contributed by atoms with van der Waals surface area (Å²) in [6.45, 7) is 1.68. The van der Waals surface area contributed by atoms with Crippen molar-refractivity contribution in [1.82, 2.24) is 25.3 Å². The molecule has 19 heteroatoms. The third-order valence-electron chi connectivity index (χ3n) is 5.79. The Hall–Kier alpha value is -3.01. The van der Waals surface area contributed by atoms with E-state index in [1.54, 1.807) is 4.90 Å². The Kier molecular flexibility index (Phi) is 19.1. The van der Waals surface area contributed by atoms with E-state index >= 15 is 0 Å². The average molecular weight is 598 g/mol. The van der Waals surface area contributed by atoms with Crippen molar-refractivity contribution in [1.29, 1.82) is 0 Å². The van der Waals surface area contributed by atoms with E-state index in [0.29, 0.717) is 0 Å². The van der Waals surface area contributed by atoms with Crippen LogP contribution in [0.1, 0.15) is 0 Å². The molecular formula is C22H39N5O14. The van der Waals surface area contributed by atoms with Gasteiger partial charge in [-0.1, -0.05) is 0 Å². The summed E-state index contributed by atoms with van der Waals surface area (Å²) in [6.07, 6.45) is -7.25. The van der Waals surface area contributed by atoms with Crippen LogP contribution in [0.3, 0.4) is 0 Å². The Labute approximate surface area is 235 Å². The Morgan fingerprint density at radius 2 is 1.17 bits per heavy atom. The van der Waals surface area contributed by atoms with Gasteiger partial charge in [-0.2, -0.15) is 0 Å². The third kappa shape index (κ3) is 15.0. The molecule has 0 bridgehead atoms. The van der Waals surface area contributed by atoms with Crippen LogP contribution in [0.2, 0.25) is 0 Å². The second-order valence-electron chi connectivity index (χ2n) is 8.72. The zero-order valence-corrected chi connectivity index (χ0v) is 22.4. The standard InChI is InChI=1S/C22H39N5O14/c28-13-37-9-25(4-6-27(11-39-15-30)12-40-16-31)3-5-26(10-38-14-29)8-18(32)24-2-1-23-7-17-19(33)20(34)21(35)22(36)41-17/h13-17,19-23,33-36H,1-12H2,(H,24,32)/t17?,19-,20+,21?,22+/m1/s1. The van der Waals surface area contributed by atoms with E-state index in [-0.39, 0.29) is 105 Å². The fraction of sp³-hybridized carbons (Fsp3) is 0.773. The smallest absolute Gasteiger partial charge is 0.294 e. The van der Waals surface area contributed by atoms with Crippen LogP contribution in [0.25, 0.3) is 0 Å². The first-order valence-electron chi connectivity index (χ1n) is 12.5. The molecule has 19 nitrogen and oxygen atoms in total. The fourth-order valence-electron chi connectivity index (χ4n) is 3.60. The molecule has 1 rings (SSSR count). The zero-order chi connectivity index (χ0) is 30.5. The van der Waals surface area contributed by atoms with Gasteiger partial charge in [0.25, 0.3) is 25.9 Å². The summed E-state index contributed by atoms with van der Waals surface area (Å²) >= 11 is 0. The summed E-state index contributed by atoms with van der Waals surface area (Å²) < 4.78 is 24.0. The number of ether oxygens (including phenoxy) is 5. The maximum Gasteiger partial charge on any atom is 0.294 e. The molecule has 41 heavy (non-hydrogen) atoms. The highest BCUT2D eigenvalue weighted by Gasteiger charge is 2.42. The lowest BCUT2D eigenvalue weighted by Crippen LogP contribution is -2.59. The van der Waals surface area contributed by atoms with Gasteiger partial charge in [-0.3, -0.25) is 33.8 Å². The first kappa shape index (κ1) is 36.0. The third-order valence-corrected chi connectivity index (χ3v) is 5.79. The molecule has 1 heterocycles. The van der Waals surface area contributed by atoms with Crippen LogP contribution in [-0.4, -0.2) is 177 Å². The Morgan fingerprint density at radius 3 is 1.73 bits per heavy atom. The number of nitrogens with zero attached hydrogens (tertiary/aromatic N) is 3. The van der Waals surface area contributed by atoms with Gasteiger partial charge in [0.05, 0.1) is 6.54 Å². The molecule has 1 saturated heterocycles. The quantitative estimate of drug-likeness (QED) is 0.0248.